The highest BCUT2D eigenvalue weighted by Gasteiger charge is 2.09. The Bertz CT molecular complexity index is 887. The van der Waals surface area contributed by atoms with Gasteiger partial charge < -0.3 is 0 Å². The van der Waals surface area contributed by atoms with Crippen LogP contribution in [-0.2, 0) is 13.0 Å². The second kappa shape index (κ2) is 6.37. The lowest BCUT2D eigenvalue weighted by atomic mass is 10.2. The largest absolute Gasteiger partial charge is 0.358 e. The number of hydrogen-bond acceptors (Lipinski definition) is 4. The third-order valence-corrected chi connectivity index (χ3v) is 4.24. The topological polar surface area (TPSA) is 47.8 Å². The van der Waals surface area contributed by atoms with Gasteiger partial charge in [0.2, 0.25) is 0 Å². The molecule has 23 heavy (non-hydrogen) atoms. The summed E-state index contributed by atoms with van der Waals surface area (Å²) >= 11 is 1.21. The van der Waals surface area contributed by atoms with Crippen LogP contribution in [0.4, 0.5) is 8.78 Å². The van der Waals surface area contributed by atoms with Crippen LogP contribution in [0.5, 0.6) is 0 Å². The smallest absolute Gasteiger partial charge is 0.261 e. The summed E-state index contributed by atoms with van der Waals surface area (Å²) in [5, 5.41) is 0.656. The minimum atomic E-state index is -0.925. The quantitative estimate of drug-likeness (QED) is 0.737. The highest BCUT2D eigenvalue weighted by molar-refractivity contribution is 7.06. The molecule has 0 aliphatic carbocycles. The van der Waals surface area contributed by atoms with Gasteiger partial charge >= 0.3 is 5.69 Å². The van der Waals surface area contributed by atoms with Crippen molar-refractivity contribution in [3.8, 4) is 0 Å². The molecule has 0 saturated heterocycles. The molecule has 3 rings (SSSR count). The van der Waals surface area contributed by atoms with Crippen molar-refractivity contribution in [2.24, 2.45) is 0 Å². The molecule has 2 heterocycles. The number of halogens is 2. The molecule has 0 saturated carbocycles. The normalized spacial score (nSPS) is 10.9. The predicted molar refractivity (Wildman–Crippen MR) is 83.6 cm³/mol. The highest BCUT2D eigenvalue weighted by atomic mass is 32.1. The van der Waals surface area contributed by atoms with Gasteiger partial charge in [-0.15, -0.1) is 0 Å². The number of pyridine rings is 1. The third-order valence-electron chi connectivity index (χ3n) is 3.29. The fraction of sp³-hybridized carbons (Fsp3) is 0.188. The zero-order valence-corrected chi connectivity index (χ0v) is 13.1. The van der Waals surface area contributed by atoms with Crippen molar-refractivity contribution >= 4 is 11.5 Å². The molecule has 0 atom stereocenters. The molecule has 7 heteroatoms. The Morgan fingerprint density at radius 1 is 1.13 bits per heavy atom. The summed E-state index contributed by atoms with van der Waals surface area (Å²) in [7, 11) is 0. The first-order chi connectivity index (χ1) is 11.0. The molecule has 0 aliphatic heterocycles. The maximum atomic E-state index is 13.2. The van der Waals surface area contributed by atoms with Crippen LogP contribution in [0.3, 0.4) is 0 Å². The van der Waals surface area contributed by atoms with Crippen molar-refractivity contribution in [1.29, 1.82) is 0 Å². The lowest BCUT2D eigenvalue weighted by Gasteiger charge is -2.01. The maximum Gasteiger partial charge on any atom is 0.358 e. The molecule has 0 fully saturated rings. The number of hydrogen-bond donors (Lipinski definition) is 0. The van der Waals surface area contributed by atoms with E-state index in [1.165, 1.54) is 21.6 Å². The molecule has 0 amide bonds. The first-order valence-electron chi connectivity index (χ1n) is 6.94. The average Bonchev–Trinajstić information content (AvgIpc) is 2.85. The molecule has 118 valence electrons. The number of aromatic nitrogens is 3. The van der Waals surface area contributed by atoms with E-state index in [1.54, 1.807) is 6.20 Å². The van der Waals surface area contributed by atoms with Crippen LogP contribution in [0.15, 0.2) is 41.3 Å². The molecule has 4 nitrogen and oxygen atoms in total. The van der Waals surface area contributed by atoms with Gasteiger partial charge in [-0.3, -0.25) is 4.98 Å². The molecule has 0 unspecified atom stereocenters. The minimum Gasteiger partial charge on any atom is -0.261 e. The zero-order valence-electron chi connectivity index (χ0n) is 12.3. The minimum absolute atomic E-state index is 0.167. The zero-order chi connectivity index (χ0) is 16.4. The van der Waals surface area contributed by atoms with E-state index in [0.29, 0.717) is 17.0 Å². The van der Waals surface area contributed by atoms with E-state index in [1.807, 2.05) is 19.1 Å². The second-order valence-corrected chi connectivity index (χ2v) is 6.24. The van der Waals surface area contributed by atoms with Crippen molar-refractivity contribution in [3.63, 3.8) is 0 Å². The standard InChI is InChI=1S/C16H13F2N3OS/c1-10-2-3-11(8-19-10)7-15-20-16(22)21(23-15)9-12-4-5-13(17)14(18)6-12/h2-6,8H,7,9H2,1H3. The summed E-state index contributed by atoms with van der Waals surface area (Å²) in [5.41, 5.74) is 2.00. The van der Waals surface area contributed by atoms with Crippen molar-refractivity contribution in [2.45, 2.75) is 19.9 Å². The fourth-order valence-corrected chi connectivity index (χ4v) is 3.04. The van der Waals surface area contributed by atoms with Gasteiger partial charge in [0.15, 0.2) is 11.6 Å². The Morgan fingerprint density at radius 3 is 2.61 bits per heavy atom. The van der Waals surface area contributed by atoms with Gasteiger partial charge in [0.05, 0.1) is 6.54 Å². The lowest BCUT2D eigenvalue weighted by molar-refractivity contribution is 0.506. The Morgan fingerprint density at radius 2 is 1.91 bits per heavy atom. The first kappa shape index (κ1) is 15.5. The first-order valence-corrected chi connectivity index (χ1v) is 7.71. The van der Waals surface area contributed by atoms with E-state index >= 15 is 0 Å². The summed E-state index contributed by atoms with van der Waals surface area (Å²) in [4.78, 5) is 20.1. The van der Waals surface area contributed by atoms with Crippen LogP contribution in [-0.4, -0.2) is 13.9 Å². The number of aryl methyl sites for hydroxylation is 1. The number of nitrogens with zero attached hydrogens (tertiary/aromatic N) is 3. The van der Waals surface area contributed by atoms with Gasteiger partial charge in [-0.1, -0.05) is 12.1 Å². The Balaban J connectivity index is 1.79. The molecule has 0 aliphatic rings. The predicted octanol–water partition coefficient (Wildman–Crippen LogP) is 2.93. The van der Waals surface area contributed by atoms with Crippen molar-refractivity contribution in [1.82, 2.24) is 13.9 Å². The van der Waals surface area contributed by atoms with E-state index in [9.17, 15) is 13.6 Å². The monoisotopic (exact) mass is 333 g/mol. The van der Waals surface area contributed by atoms with Crippen LogP contribution < -0.4 is 5.69 Å². The fourth-order valence-electron chi connectivity index (χ4n) is 2.10. The molecule has 0 spiro atoms. The van der Waals surface area contributed by atoms with Crippen LogP contribution in [0.25, 0.3) is 0 Å². The molecule has 2 aromatic heterocycles. The highest BCUT2D eigenvalue weighted by Crippen LogP contribution is 2.13. The summed E-state index contributed by atoms with van der Waals surface area (Å²) < 4.78 is 27.6. The average molecular weight is 333 g/mol. The molecule has 0 N–H and O–H groups in total. The molecule has 1 aromatic carbocycles. The number of benzene rings is 1. The summed E-state index contributed by atoms with van der Waals surface area (Å²) in [6.07, 6.45) is 2.26. The van der Waals surface area contributed by atoms with E-state index in [2.05, 4.69) is 9.97 Å². The summed E-state index contributed by atoms with van der Waals surface area (Å²) in [6, 6.07) is 7.43. The van der Waals surface area contributed by atoms with E-state index in [-0.39, 0.29) is 6.54 Å². The van der Waals surface area contributed by atoms with Gasteiger partial charge in [0.1, 0.15) is 5.01 Å². The van der Waals surface area contributed by atoms with Crippen molar-refractivity contribution in [2.75, 3.05) is 0 Å². The van der Waals surface area contributed by atoms with E-state index < -0.39 is 17.3 Å². The van der Waals surface area contributed by atoms with E-state index in [0.717, 1.165) is 23.4 Å². The van der Waals surface area contributed by atoms with Gasteiger partial charge in [0.25, 0.3) is 0 Å². The molecule has 0 radical (unpaired) electrons. The van der Waals surface area contributed by atoms with Crippen LogP contribution in [0.2, 0.25) is 0 Å². The van der Waals surface area contributed by atoms with Crippen LogP contribution in [0, 0.1) is 18.6 Å². The van der Waals surface area contributed by atoms with Crippen molar-refractivity contribution in [3.05, 3.63) is 80.5 Å². The molecular weight excluding hydrogens is 320 g/mol. The van der Waals surface area contributed by atoms with Gasteiger partial charge in [-0.05, 0) is 47.8 Å². The Kier molecular flexibility index (Phi) is 4.29. The molecule has 3 aromatic rings. The Labute approximate surface area is 135 Å². The maximum absolute atomic E-state index is 13.2. The number of rotatable bonds is 4. The van der Waals surface area contributed by atoms with Gasteiger partial charge in [-0.2, -0.15) is 4.98 Å². The molecular formula is C16H13F2N3OS. The van der Waals surface area contributed by atoms with Gasteiger partial charge in [-0.25, -0.2) is 17.5 Å². The summed E-state index contributed by atoms with van der Waals surface area (Å²) in [5.74, 6) is -1.83. The Hall–Kier alpha value is -2.41. The third kappa shape index (κ3) is 3.68. The van der Waals surface area contributed by atoms with Crippen molar-refractivity contribution < 1.29 is 8.78 Å². The lowest BCUT2D eigenvalue weighted by Crippen LogP contribution is -2.15. The second-order valence-electron chi connectivity index (χ2n) is 5.15. The SMILES string of the molecule is Cc1ccc(Cc2nc(=O)n(Cc3ccc(F)c(F)c3)s2)cn1. The van der Waals surface area contributed by atoms with E-state index in [4.69, 9.17) is 0 Å². The van der Waals surface area contributed by atoms with Gasteiger partial charge in [0, 0.05) is 18.3 Å². The molecule has 0 bridgehead atoms. The summed E-state index contributed by atoms with van der Waals surface area (Å²) in [6.45, 7) is 2.07. The van der Waals surface area contributed by atoms with Crippen LogP contribution >= 0.6 is 11.5 Å². The van der Waals surface area contributed by atoms with Crippen LogP contribution in [0.1, 0.15) is 21.8 Å².